The molecule has 8 nitrogen and oxygen atoms in total. The number of hydrogen-bond acceptors (Lipinski definition) is 5. The van der Waals surface area contributed by atoms with Crippen LogP contribution in [0.5, 0.6) is 0 Å². The van der Waals surface area contributed by atoms with Gasteiger partial charge in [0.25, 0.3) is 0 Å². The first-order valence-electron chi connectivity index (χ1n) is 11.0. The van der Waals surface area contributed by atoms with E-state index in [2.05, 4.69) is 20.1 Å². The Labute approximate surface area is 209 Å². The van der Waals surface area contributed by atoms with Gasteiger partial charge in [0.1, 0.15) is 0 Å². The SMILES string of the molecule is Cl.O=C1CCCCC1=O.[C-]#[N+]c1ccc(NN)cc1.[C-]#[N+]c1ccc2[nH]c3c(c2c1)CCCC3=O. The second kappa shape index (κ2) is 13.0. The summed E-state index contributed by atoms with van der Waals surface area (Å²) < 4.78 is 0. The molecule has 4 N–H and O–H groups in total. The van der Waals surface area contributed by atoms with Crippen LogP contribution in [0, 0.1) is 13.1 Å². The number of aryl methyl sites for hydroxylation is 1. The Morgan fingerprint density at radius 2 is 1.34 bits per heavy atom. The minimum atomic E-state index is -0.170. The molecule has 2 aromatic carbocycles. The Kier molecular flexibility index (Phi) is 10.2. The van der Waals surface area contributed by atoms with Crippen LogP contribution < -0.4 is 11.3 Å². The van der Waals surface area contributed by atoms with E-state index in [0.29, 0.717) is 30.6 Å². The summed E-state index contributed by atoms with van der Waals surface area (Å²) in [5, 5.41) is 1.04. The quantitative estimate of drug-likeness (QED) is 0.170. The molecule has 0 aliphatic heterocycles. The zero-order chi connectivity index (χ0) is 24.5. The molecule has 2 aliphatic carbocycles. The van der Waals surface area contributed by atoms with E-state index in [9.17, 15) is 14.4 Å². The third-order valence-corrected chi connectivity index (χ3v) is 5.66. The summed E-state index contributed by atoms with van der Waals surface area (Å²) in [4.78, 5) is 42.4. The van der Waals surface area contributed by atoms with E-state index in [4.69, 9.17) is 19.0 Å². The number of fused-ring (bicyclic) bond motifs is 3. The first-order valence-corrected chi connectivity index (χ1v) is 11.0. The van der Waals surface area contributed by atoms with Gasteiger partial charge in [0.15, 0.2) is 28.7 Å². The molecule has 9 heteroatoms. The van der Waals surface area contributed by atoms with E-state index < -0.39 is 0 Å². The number of nitrogen functional groups attached to an aromatic ring is 1. The summed E-state index contributed by atoms with van der Waals surface area (Å²) in [6.07, 6.45) is 5.27. The van der Waals surface area contributed by atoms with Crippen LogP contribution in [0.2, 0.25) is 0 Å². The van der Waals surface area contributed by atoms with Gasteiger partial charge in [0, 0.05) is 30.5 Å². The second-order valence-corrected chi connectivity index (χ2v) is 7.95. The molecule has 0 spiro atoms. The number of hydrazine groups is 1. The Hall–Kier alpha value is -3.98. The maximum absolute atomic E-state index is 11.7. The van der Waals surface area contributed by atoms with E-state index >= 15 is 0 Å². The Morgan fingerprint density at radius 3 is 1.89 bits per heavy atom. The highest BCUT2D eigenvalue weighted by atomic mass is 35.5. The highest BCUT2D eigenvalue weighted by molar-refractivity contribution is 6.37. The lowest BCUT2D eigenvalue weighted by atomic mass is 9.94. The number of halogens is 1. The molecule has 180 valence electrons. The number of ketones is 3. The normalized spacial score (nSPS) is 14.1. The van der Waals surface area contributed by atoms with E-state index in [0.717, 1.165) is 53.5 Å². The van der Waals surface area contributed by atoms with E-state index in [1.165, 1.54) is 0 Å². The van der Waals surface area contributed by atoms with Gasteiger partial charge in [-0.25, -0.2) is 9.69 Å². The van der Waals surface area contributed by atoms with Crippen molar-refractivity contribution in [3.63, 3.8) is 0 Å². The van der Waals surface area contributed by atoms with Crippen molar-refractivity contribution >= 4 is 57.7 Å². The van der Waals surface area contributed by atoms with Crippen molar-refractivity contribution in [1.29, 1.82) is 0 Å². The smallest absolute Gasteiger partial charge is 0.198 e. The van der Waals surface area contributed by atoms with Crippen molar-refractivity contribution in [3.05, 3.63) is 76.6 Å². The van der Waals surface area contributed by atoms with Crippen LogP contribution >= 0.6 is 12.4 Å². The van der Waals surface area contributed by atoms with Crippen molar-refractivity contribution in [2.45, 2.75) is 44.9 Å². The molecule has 2 aliphatic rings. The molecule has 1 heterocycles. The fraction of sp³-hybridized carbons (Fsp3) is 0.269. The zero-order valence-electron chi connectivity index (χ0n) is 19.1. The number of nitrogens with one attached hydrogen (secondary N) is 2. The molecule has 0 unspecified atom stereocenters. The van der Waals surface area contributed by atoms with Crippen LogP contribution in [0.1, 0.15) is 54.6 Å². The van der Waals surface area contributed by atoms with Gasteiger partial charge in [-0.1, -0.05) is 18.2 Å². The van der Waals surface area contributed by atoms with Crippen LogP contribution in [0.4, 0.5) is 17.1 Å². The molecule has 0 amide bonds. The Bertz CT molecular complexity index is 1280. The van der Waals surface area contributed by atoms with Gasteiger partial charge in [-0.05, 0) is 60.9 Å². The fourth-order valence-electron chi connectivity index (χ4n) is 3.84. The molecule has 0 saturated heterocycles. The number of aromatic amines is 1. The second-order valence-electron chi connectivity index (χ2n) is 7.95. The van der Waals surface area contributed by atoms with Crippen LogP contribution in [-0.2, 0) is 16.0 Å². The molecule has 5 rings (SSSR count). The number of anilines is 1. The van der Waals surface area contributed by atoms with Gasteiger partial charge < -0.3 is 10.4 Å². The summed E-state index contributed by atoms with van der Waals surface area (Å²) in [7, 11) is 0. The molecule has 1 fully saturated rings. The molecule has 1 saturated carbocycles. The number of carbonyl (C=O) groups is 3. The predicted molar refractivity (Wildman–Crippen MR) is 138 cm³/mol. The molecule has 0 bridgehead atoms. The van der Waals surface area contributed by atoms with Crippen molar-refractivity contribution in [2.24, 2.45) is 5.84 Å². The predicted octanol–water partition coefficient (Wildman–Crippen LogP) is 5.88. The van der Waals surface area contributed by atoms with Crippen LogP contribution in [0.3, 0.4) is 0 Å². The summed E-state index contributed by atoms with van der Waals surface area (Å²) in [6, 6.07) is 12.5. The Morgan fingerprint density at radius 1 is 0.771 bits per heavy atom. The van der Waals surface area contributed by atoms with Gasteiger partial charge in [-0.15, -0.1) is 12.4 Å². The van der Waals surface area contributed by atoms with Gasteiger partial charge >= 0.3 is 0 Å². The van der Waals surface area contributed by atoms with Crippen molar-refractivity contribution in [3.8, 4) is 0 Å². The number of Topliss-reactive ketones (excluding diaryl/α,β-unsaturated/α-hetero) is 3. The molecular weight excluding hydrogens is 466 g/mol. The summed E-state index contributed by atoms with van der Waals surface area (Å²) in [5.74, 6) is 4.97. The molecule has 1 aromatic heterocycles. The van der Waals surface area contributed by atoms with Crippen molar-refractivity contribution in [1.82, 2.24) is 4.98 Å². The minimum Gasteiger partial charge on any atom is -0.352 e. The summed E-state index contributed by atoms with van der Waals surface area (Å²) in [5.41, 5.74) is 7.36. The standard InChI is InChI=1S/C13H10N2O.C7H7N3.C6H8O2.ClH/c1-14-8-5-6-11-10(7-8)9-3-2-4-12(16)13(9)15-11;1-9-6-2-4-7(10-8)5-3-6;7-5-3-1-2-4-6(5)8;/h5-7,15H,2-4H2;2-5,10H,8H2;1-4H2;1H. The lowest BCUT2D eigenvalue weighted by Crippen LogP contribution is -2.17. The Balaban J connectivity index is 0.000000197. The van der Waals surface area contributed by atoms with Crippen LogP contribution in [0.25, 0.3) is 20.6 Å². The van der Waals surface area contributed by atoms with Crippen LogP contribution in [0.15, 0.2) is 42.5 Å². The average molecular weight is 492 g/mol. The number of benzene rings is 2. The highest BCUT2D eigenvalue weighted by Gasteiger charge is 2.21. The lowest BCUT2D eigenvalue weighted by Gasteiger charge is -2.09. The first-order chi connectivity index (χ1) is 16.5. The van der Waals surface area contributed by atoms with E-state index in [-0.39, 0.29) is 29.8 Å². The van der Waals surface area contributed by atoms with Gasteiger partial charge in [0.05, 0.1) is 18.8 Å². The van der Waals surface area contributed by atoms with Crippen molar-refractivity contribution in [2.75, 3.05) is 5.43 Å². The minimum absolute atomic E-state index is 0. The largest absolute Gasteiger partial charge is 0.352 e. The summed E-state index contributed by atoms with van der Waals surface area (Å²) >= 11 is 0. The monoisotopic (exact) mass is 491 g/mol. The molecule has 3 aromatic rings. The molecule has 0 atom stereocenters. The lowest BCUT2D eigenvalue weighted by molar-refractivity contribution is -0.137. The average Bonchev–Trinajstić information content (AvgIpc) is 3.26. The molecular formula is C26H26ClN5O3. The number of carbonyl (C=O) groups excluding carboxylic acids is 3. The third-order valence-electron chi connectivity index (χ3n) is 5.66. The first kappa shape index (κ1) is 27.3. The van der Waals surface area contributed by atoms with Gasteiger partial charge in [-0.3, -0.25) is 20.2 Å². The van der Waals surface area contributed by atoms with E-state index in [1.807, 2.05) is 12.1 Å². The van der Waals surface area contributed by atoms with Crippen molar-refractivity contribution < 1.29 is 14.4 Å². The number of nitrogens with zero attached hydrogens (tertiary/aromatic N) is 2. The third kappa shape index (κ3) is 7.00. The highest BCUT2D eigenvalue weighted by Crippen LogP contribution is 2.31. The maximum Gasteiger partial charge on any atom is 0.198 e. The van der Waals surface area contributed by atoms with Gasteiger partial charge in [-0.2, -0.15) is 0 Å². The zero-order valence-corrected chi connectivity index (χ0v) is 19.9. The van der Waals surface area contributed by atoms with Crippen LogP contribution in [-0.4, -0.2) is 22.3 Å². The number of hydrogen-bond donors (Lipinski definition) is 3. The summed E-state index contributed by atoms with van der Waals surface area (Å²) in [6.45, 7) is 13.6. The number of rotatable bonds is 1. The maximum atomic E-state index is 11.7. The number of H-pyrrole nitrogens is 1. The topological polar surface area (TPSA) is 114 Å². The van der Waals surface area contributed by atoms with Gasteiger partial charge in [0.2, 0.25) is 0 Å². The molecule has 35 heavy (non-hydrogen) atoms. The fourth-order valence-corrected chi connectivity index (χ4v) is 3.84. The molecule has 0 radical (unpaired) electrons. The van der Waals surface area contributed by atoms with E-state index in [1.54, 1.807) is 30.3 Å². The number of nitrogens with two attached hydrogens (primary N) is 1. The number of aromatic nitrogens is 1.